The number of sulfonamides is 1. The molecule has 0 spiro atoms. The van der Waals surface area contributed by atoms with Gasteiger partial charge >= 0.3 is 0 Å². The molecule has 0 bridgehead atoms. The third-order valence-corrected chi connectivity index (χ3v) is 7.36. The van der Waals surface area contributed by atoms with E-state index >= 15 is 0 Å². The number of anilines is 1. The summed E-state index contributed by atoms with van der Waals surface area (Å²) in [5.41, 5.74) is 2.63. The lowest BCUT2D eigenvalue weighted by molar-refractivity contribution is 0.592. The first-order valence-corrected chi connectivity index (χ1v) is 11.1. The standard InChI is InChI=1S/C18H13Cl2N3O2S2/c1-23-15-8-13(20)5-6-14(15)17-16(27(23,24)25)9-21-18(22-17)26-10-11-3-2-4-12(19)7-11/h2-9H,10H2,1H3. The van der Waals surface area contributed by atoms with Gasteiger partial charge in [-0.1, -0.05) is 47.1 Å². The number of nitrogens with zero attached hydrogens (tertiary/aromatic N) is 3. The van der Waals surface area contributed by atoms with Gasteiger partial charge in [0.2, 0.25) is 0 Å². The Morgan fingerprint density at radius 3 is 2.67 bits per heavy atom. The maximum atomic E-state index is 12.8. The lowest BCUT2D eigenvalue weighted by Crippen LogP contribution is -2.31. The summed E-state index contributed by atoms with van der Waals surface area (Å²) in [6.07, 6.45) is 1.37. The van der Waals surface area contributed by atoms with Gasteiger partial charge < -0.3 is 0 Å². The molecule has 2 aromatic carbocycles. The van der Waals surface area contributed by atoms with E-state index < -0.39 is 10.0 Å². The van der Waals surface area contributed by atoms with E-state index in [0.29, 0.717) is 37.9 Å². The van der Waals surface area contributed by atoms with Crippen molar-refractivity contribution in [3.05, 3.63) is 64.3 Å². The quantitative estimate of drug-likeness (QED) is 0.431. The Labute approximate surface area is 171 Å². The minimum atomic E-state index is -3.72. The second-order valence-corrected chi connectivity index (χ2v) is 9.67. The highest BCUT2D eigenvalue weighted by Crippen LogP contribution is 2.42. The number of fused-ring (bicyclic) bond motifs is 3. The van der Waals surface area contributed by atoms with Crippen molar-refractivity contribution in [2.24, 2.45) is 0 Å². The first-order valence-electron chi connectivity index (χ1n) is 7.89. The van der Waals surface area contributed by atoms with Crippen LogP contribution < -0.4 is 4.31 Å². The van der Waals surface area contributed by atoms with Crippen LogP contribution in [-0.4, -0.2) is 25.4 Å². The largest absolute Gasteiger partial charge is 0.269 e. The lowest BCUT2D eigenvalue weighted by Gasteiger charge is -2.28. The van der Waals surface area contributed by atoms with E-state index in [9.17, 15) is 8.42 Å². The molecule has 1 aliphatic heterocycles. The molecule has 0 atom stereocenters. The van der Waals surface area contributed by atoms with Gasteiger partial charge in [-0.15, -0.1) is 0 Å². The van der Waals surface area contributed by atoms with Crippen LogP contribution >= 0.6 is 35.0 Å². The molecular weight excluding hydrogens is 425 g/mol. The molecule has 0 amide bonds. The van der Waals surface area contributed by atoms with Crippen molar-refractivity contribution in [2.45, 2.75) is 15.8 Å². The Bertz CT molecular complexity index is 1150. The summed E-state index contributed by atoms with van der Waals surface area (Å²) in [6.45, 7) is 0. The zero-order valence-corrected chi connectivity index (χ0v) is 17.2. The number of halogens is 2. The molecule has 0 saturated carbocycles. The first-order chi connectivity index (χ1) is 12.9. The van der Waals surface area contributed by atoms with Gasteiger partial charge in [0, 0.05) is 28.4 Å². The number of hydrogen-bond acceptors (Lipinski definition) is 5. The fourth-order valence-corrected chi connectivity index (χ4v) is 5.25. The summed E-state index contributed by atoms with van der Waals surface area (Å²) in [5.74, 6) is 0.624. The van der Waals surface area contributed by atoms with Crippen molar-refractivity contribution >= 4 is 50.7 Å². The van der Waals surface area contributed by atoms with E-state index in [1.165, 1.54) is 29.3 Å². The molecule has 0 unspecified atom stereocenters. The van der Waals surface area contributed by atoms with Gasteiger partial charge in [0.05, 0.1) is 17.6 Å². The summed E-state index contributed by atoms with van der Waals surface area (Å²) in [6, 6.07) is 12.7. The van der Waals surface area contributed by atoms with E-state index in [4.69, 9.17) is 23.2 Å². The average Bonchev–Trinajstić information content (AvgIpc) is 2.64. The van der Waals surface area contributed by atoms with Crippen LogP contribution in [0.2, 0.25) is 10.0 Å². The Hall–Kier alpha value is -1.80. The smallest absolute Gasteiger partial charge is 0.267 e. The van der Waals surface area contributed by atoms with Crippen molar-refractivity contribution in [3.8, 4) is 11.3 Å². The van der Waals surface area contributed by atoms with Crippen molar-refractivity contribution in [3.63, 3.8) is 0 Å². The lowest BCUT2D eigenvalue weighted by atomic mass is 10.1. The van der Waals surface area contributed by atoms with E-state index in [1.54, 1.807) is 18.2 Å². The monoisotopic (exact) mass is 437 g/mol. The van der Waals surface area contributed by atoms with Gasteiger partial charge in [0.25, 0.3) is 10.0 Å². The molecule has 0 fully saturated rings. The van der Waals surface area contributed by atoms with Crippen LogP contribution in [0.3, 0.4) is 0 Å². The van der Waals surface area contributed by atoms with Crippen LogP contribution in [0, 0.1) is 0 Å². The molecule has 138 valence electrons. The van der Waals surface area contributed by atoms with Crippen molar-refractivity contribution < 1.29 is 8.42 Å². The fourth-order valence-electron chi connectivity index (χ4n) is 2.82. The topological polar surface area (TPSA) is 63.2 Å². The number of benzene rings is 2. The Morgan fingerprint density at radius 2 is 1.89 bits per heavy atom. The molecule has 0 aliphatic carbocycles. The van der Waals surface area contributed by atoms with E-state index in [1.807, 2.05) is 24.3 Å². The van der Waals surface area contributed by atoms with Crippen LogP contribution in [0.25, 0.3) is 11.3 Å². The molecule has 0 radical (unpaired) electrons. The number of rotatable bonds is 3. The molecule has 0 saturated heterocycles. The molecule has 27 heavy (non-hydrogen) atoms. The normalized spacial score (nSPS) is 14.6. The predicted octanol–water partition coefficient (Wildman–Crippen LogP) is 4.88. The minimum Gasteiger partial charge on any atom is -0.269 e. The van der Waals surface area contributed by atoms with Crippen molar-refractivity contribution in [1.82, 2.24) is 9.97 Å². The second-order valence-electron chi connectivity index (χ2n) is 5.92. The maximum Gasteiger partial charge on any atom is 0.267 e. The number of hydrogen-bond donors (Lipinski definition) is 0. The summed E-state index contributed by atoms with van der Waals surface area (Å²) in [5, 5.41) is 1.62. The first kappa shape index (κ1) is 18.6. The molecular formula is C18H13Cl2N3O2S2. The van der Waals surface area contributed by atoms with Crippen LogP contribution in [0.4, 0.5) is 5.69 Å². The maximum absolute atomic E-state index is 12.8. The van der Waals surface area contributed by atoms with E-state index in [-0.39, 0.29) is 4.90 Å². The summed E-state index contributed by atoms with van der Waals surface area (Å²) in [4.78, 5) is 8.85. The van der Waals surface area contributed by atoms with Crippen LogP contribution in [0.1, 0.15) is 5.56 Å². The van der Waals surface area contributed by atoms with Gasteiger partial charge in [-0.05, 0) is 35.9 Å². The van der Waals surface area contributed by atoms with Crippen LogP contribution in [0.15, 0.2) is 58.7 Å². The van der Waals surface area contributed by atoms with E-state index in [0.717, 1.165) is 5.56 Å². The Kier molecular flexibility index (Phi) is 4.80. The highest BCUT2D eigenvalue weighted by Gasteiger charge is 2.34. The third kappa shape index (κ3) is 3.40. The second kappa shape index (κ2) is 6.98. The van der Waals surface area contributed by atoms with Crippen molar-refractivity contribution in [2.75, 3.05) is 11.4 Å². The van der Waals surface area contributed by atoms with Gasteiger partial charge in [0.1, 0.15) is 4.90 Å². The van der Waals surface area contributed by atoms with E-state index in [2.05, 4.69) is 9.97 Å². The Morgan fingerprint density at radius 1 is 1.11 bits per heavy atom. The summed E-state index contributed by atoms with van der Waals surface area (Å²) >= 11 is 13.5. The van der Waals surface area contributed by atoms with Gasteiger partial charge in [0.15, 0.2) is 5.16 Å². The summed E-state index contributed by atoms with van der Waals surface area (Å²) in [7, 11) is -2.22. The van der Waals surface area contributed by atoms with Crippen LogP contribution in [-0.2, 0) is 15.8 Å². The molecule has 4 rings (SSSR count). The molecule has 5 nitrogen and oxygen atoms in total. The molecule has 2 heterocycles. The Balaban J connectivity index is 1.74. The predicted molar refractivity (Wildman–Crippen MR) is 109 cm³/mol. The fraction of sp³-hybridized carbons (Fsp3) is 0.111. The van der Waals surface area contributed by atoms with Crippen LogP contribution in [0.5, 0.6) is 0 Å². The third-order valence-electron chi connectivity index (χ3n) is 4.18. The molecule has 1 aliphatic rings. The zero-order chi connectivity index (χ0) is 19.2. The zero-order valence-electron chi connectivity index (χ0n) is 14.1. The highest BCUT2D eigenvalue weighted by atomic mass is 35.5. The number of thioether (sulfide) groups is 1. The van der Waals surface area contributed by atoms with Crippen molar-refractivity contribution in [1.29, 1.82) is 0 Å². The average molecular weight is 438 g/mol. The number of aromatic nitrogens is 2. The molecule has 0 N–H and O–H groups in total. The van der Waals surface area contributed by atoms with Gasteiger partial charge in [-0.25, -0.2) is 18.4 Å². The molecule has 9 heteroatoms. The van der Waals surface area contributed by atoms with Gasteiger partial charge in [-0.2, -0.15) is 0 Å². The minimum absolute atomic E-state index is 0.0897. The van der Waals surface area contributed by atoms with Gasteiger partial charge in [-0.3, -0.25) is 4.31 Å². The SMILES string of the molecule is CN1c2cc(Cl)ccc2-c2nc(SCc3cccc(Cl)c3)ncc2S1(=O)=O. The highest BCUT2D eigenvalue weighted by molar-refractivity contribution is 7.98. The molecule has 1 aromatic heterocycles. The summed E-state index contributed by atoms with van der Waals surface area (Å²) < 4.78 is 26.8. The molecule has 3 aromatic rings.